The molecule has 1 aliphatic heterocycles. The fourth-order valence-corrected chi connectivity index (χ4v) is 1.22. The average Bonchev–Trinajstić information content (AvgIpc) is 2.58. The maximum atomic E-state index is 3.88. The van der Waals surface area contributed by atoms with Crippen LogP contribution in [0.1, 0.15) is 54.0 Å². The molecule has 0 spiro atoms. The Morgan fingerprint density at radius 1 is 0.955 bits per heavy atom. The molecule has 0 unspecified atom stereocenters. The number of hydrogen-bond donors (Lipinski definition) is 0. The van der Waals surface area contributed by atoms with E-state index in [1.54, 1.807) is 6.20 Å². The summed E-state index contributed by atoms with van der Waals surface area (Å²) >= 11 is 0. The molecule has 0 bridgehead atoms. The Hall–Kier alpha value is -1.83. The van der Waals surface area contributed by atoms with Crippen molar-refractivity contribution >= 4 is 0 Å². The lowest BCUT2D eigenvalue weighted by Gasteiger charge is -2.18. The molecule has 0 saturated heterocycles. The highest BCUT2D eigenvalue weighted by atomic mass is 15.1. The second-order valence-electron chi connectivity index (χ2n) is 3.84. The van der Waals surface area contributed by atoms with Gasteiger partial charge in [0.25, 0.3) is 0 Å². The summed E-state index contributed by atoms with van der Waals surface area (Å²) in [6.07, 6.45) is 9.73. The molecular weight excluding hydrogens is 268 g/mol. The summed E-state index contributed by atoms with van der Waals surface area (Å²) in [5, 5.41) is 0. The number of pyridine rings is 1. The zero-order valence-electron chi connectivity index (χ0n) is 16.1. The van der Waals surface area contributed by atoms with Crippen molar-refractivity contribution in [3.05, 3.63) is 66.3 Å². The molecule has 0 radical (unpaired) electrons. The van der Waals surface area contributed by atoms with Crippen LogP contribution in [0.15, 0.2) is 60.7 Å². The van der Waals surface area contributed by atoms with Gasteiger partial charge in [-0.05, 0) is 37.1 Å². The van der Waals surface area contributed by atoms with E-state index < -0.39 is 0 Å². The van der Waals surface area contributed by atoms with Crippen molar-refractivity contribution in [3.8, 4) is 0 Å². The van der Waals surface area contributed by atoms with E-state index in [0.29, 0.717) is 0 Å². The van der Waals surface area contributed by atoms with Crippen LogP contribution in [0.3, 0.4) is 0 Å². The van der Waals surface area contributed by atoms with Crippen LogP contribution in [-0.2, 0) is 0 Å². The van der Waals surface area contributed by atoms with Gasteiger partial charge in [0.2, 0.25) is 0 Å². The van der Waals surface area contributed by atoms with Crippen LogP contribution in [0.5, 0.6) is 0 Å². The van der Waals surface area contributed by atoms with Crippen LogP contribution < -0.4 is 0 Å². The Bertz CT molecular complexity index is 403. The quantitative estimate of drug-likeness (QED) is 0.553. The van der Waals surface area contributed by atoms with Crippen molar-refractivity contribution in [1.29, 1.82) is 0 Å². The molecule has 126 valence electrons. The zero-order valence-corrected chi connectivity index (χ0v) is 16.1. The lowest BCUT2D eigenvalue weighted by molar-refractivity contribution is 0.581. The minimum absolute atomic E-state index is 1.04. The fourth-order valence-electron chi connectivity index (χ4n) is 1.22. The molecule has 0 fully saturated rings. The highest BCUT2D eigenvalue weighted by Crippen LogP contribution is 2.11. The van der Waals surface area contributed by atoms with Gasteiger partial charge in [0.1, 0.15) is 0 Å². The second kappa shape index (κ2) is 19.2. The molecule has 0 aromatic carbocycles. The maximum Gasteiger partial charge on any atom is 0.0330 e. The molecule has 0 atom stereocenters. The van der Waals surface area contributed by atoms with E-state index in [1.165, 1.54) is 11.1 Å². The highest BCUT2D eigenvalue weighted by Gasteiger charge is 1.98. The summed E-state index contributed by atoms with van der Waals surface area (Å²) in [7, 11) is 2.00. The lowest BCUT2D eigenvalue weighted by Crippen LogP contribution is -2.10. The van der Waals surface area contributed by atoms with Crippen molar-refractivity contribution < 1.29 is 0 Å². The third-order valence-corrected chi connectivity index (χ3v) is 2.20. The van der Waals surface area contributed by atoms with Gasteiger partial charge in [0, 0.05) is 31.3 Å². The van der Waals surface area contributed by atoms with Gasteiger partial charge in [-0.2, -0.15) is 0 Å². The average molecular weight is 305 g/mol. The third-order valence-electron chi connectivity index (χ3n) is 2.20. The molecule has 1 aliphatic rings. The van der Waals surface area contributed by atoms with Crippen LogP contribution in [0, 0.1) is 6.92 Å². The standard InChI is InChI=1S/C8H11N.C6H7N.3C2H6/c1-7-4-5-8(2)9(3)6-7;1-6-3-2-4-7-5-6;3*1-2/h4-6H,2H2,1,3H3;2-5H,1H3;3*1-2H3. The third kappa shape index (κ3) is 14.6. The van der Waals surface area contributed by atoms with E-state index in [0.717, 1.165) is 5.70 Å². The van der Waals surface area contributed by atoms with Crippen LogP contribution in [-0.4, -0.2) is 16.9 Å². The van der Waals surface area contributed by atoms with Gasteiger partial charge in [-0.25, -0.2) is 0 Å². The summed E-state index contributed by atoms with van der Waals surface area (Å²) in [4.78, 5) is 5.89. The first kappa shape index (κ1) is 25.1. The summed E-state index contributed by atoms with van der Waals surface area (Å²) in [6, 6.07) is 3.95. The molecule has 2 nitrogen and oxygen atoms in total. The van der Waals surface area contributed by atoms with Crippen molar-refractivity contribution in [2.24, 2.45) is 0 Å². The molecular formula is C20H36N2. The van der Waals surface area contributed by atoms with E-state index >= 15 is 0 Å². The molecule has 2 heterocycles. The van der Waals surface area contributed by atoms with Gasteiger partial charge in [-0.3, -0.25) is 4.98 Å². The zero-order chi connectivity index (χ0) is 18.0. The van der Waals surface area contributed by atoms with Gasteiger partial charge < -0.3 is 4.90 Å². The van der Waals surface area contributed by atoms with E-state index in [-0.39, 0.29) is 0 Å². The van der Waals surface area contributed by atoms with Crippen molar-refractivity contribution in [2.75, 3.05) is 7.05 Å². The van der Waals surface area contributed by atoms with Crippen LogP contribution in [0.25, 0.3) is 0 Å². The molecule has 2 rings (SSSR count). The first-order chi connectivity index (χ1) is 10.6. The van der Waals surface area contributed by atoms with Gasteiger partial charge in [0.05, 0.1) is 0 Å². The number of aromatic nitrogens is 1. The molecule has 0 aliphatic carbocycles. The molecule has 0 amide bonds. The van der Waals surface area contributed by atoms with Gasteiger partial charge in [0.15, 0.2) is 0 Å². The number of nitrogens with zero attached hydrogens (tertiary/aromatic N) is 2. The van der Waals surface area contributed by atoms with E-state index in [1.807, 2.05) is 84.8 Å². The monoisotopic (exact) mass is 304 g/mol. The first-order valence-corrected chi connectivity index (χ1v) is 8.24. The largest absolute Gasteiger partial charge is 0.351 e. The molecule has 1 aromatic rings. The highest BCUT2D eigenvalue weighted by molar-refractivity contribution is 5.30. The fraction of sp³-hybridized carbons (Fsp3) is 0.450. The van der Waals surface area contributed by atoms with Gasteiger partial charge in [-0.1, -0.05) is 60.3 Å². The van der Waals surface area contributed by atoms with Crippen LogP contribution in [0.4, 0.5) is 0 Å². The first-order valence-electron chi connectivity index (χ1n) is 8.24. The summed E-state index contributed by atoms with van der Waals surface area (Å²) in [5.41, 5.74) is 3.52. The molecule has 22 heavy (non-hydrogen) atoms. The minimum Gasteiger partial charge on any atom is -0.351 e. The summed E-state index contributed by atoms with van der Waals surface area (Å²) in [5.74, 6) is 0. The van der Waals surface area contributed by atoms with E-state index in [9.17, 15) is 0 Å². The van der Waals surface area contributed by atoms with Crippen molar-refractivity contribution in [2.45, 2.75) is 55.4 Å². The number of hydrogen-bond acceptors (Lipinski definition) is 2. The Balaban J connectivity index is -0.000000249. The predicted octanol–water partition coefficient (Wildman–Crippen LogP) is 6.37. The molecule has 2 heteroatoms. The molecule has 1 aromatic heterocycles. The number of rotatable bonds is 0. The lowest BCUT2D eigenvalue weighted by atomic mass is 10.2. The predicted molar refractivity (Wildman–Crippen MR) is 103 cm³/mol. The van der Waals surface area contributed by atoms with E-state index in [2.05, 4.69) is 30.8 Å². The molecule has 0 saturated carbocycles. The smallest absolute Gasteiger partial charge is 0.0330 e. The summed E-state index contributed by atoms with van der Waals surface area (Å²) in [6.45, 7) is 19.9. The van der Waals surface area contributed by atoms with Crippen LogP contribution in [0.2, 0.25) is 0 Å². The van der Waals surface area contributed by atoms with Gasteiger partial charge >= 0.3 is 0 Å². The van der Waals surface area contributed by atoms with Crippen molar-refractivity contribution in [1.82, 2.24) is 9.88 Å². The SMILES string of the molecule is C=C1C=CC(C)=CN1C.CC.CC.CC.Cc1cccnc1. The van der Waals surface area contributed by atoms with E-state index in [4.69, 9.17) is 0 Å². The normalized spacial score (nSPS) is 11.0. The Morgan fingerprint density at radius 3 is 1.77 bits per heavy atom. The molecule has 0 N–H and O–H groups in total. The number of allylic oxidation sites excluding steroid dienone is 3. The second-order valence-corrected chi connectivity index (χ2v) is 3.84. The maximum absolute atomic E-state index is 3.88. The number of aryl methyl sites for hydroxylation is 1. The Morgan fingerprint density at radius 2 is 1.50 bits per heavy atom. The Kier molecular flexibility index (Phi) is 21.9. The van der Waals surface area contributed by atoms with Crippen LogP contribution >= 0.6 is 0 Å². The summed E-state index contributed by atoms with van der Waals surface area (Å²) < 4.78 is 0. The number of likely N-dealkylation sites (N-methyl/N-ethyl adjacent to an activating group) is 1. The topological polar surface area (TPSA) is 16.1 Å². The van der Waals surface area contributed by atoms with Crippen molar-refractivity contribution in [3.63, 3.8) is 0 Å². The minimum atomic E-state index is 1.04. The Labute approximate surface area is 139 Å². The van der Waals surface area contributed by atoms with Gasteiger partial charge in [-0.15, -0.1) is 0 Å².